The van der Waals surface area contributed by atoms with Crippen molar-refractivity contribution in [1.29, 1.82) is 5.26 Å². The van der Waals surface area contributed by atoms with Crippen molar-refractivity contribution in [2.24, 2.45) is 0 Å². The first-order chi connectivity index (χ1) is 11.1. The van der Waals surface area contributed by atoms with Gasteiger partial charge in [0.25, 0.3) is 5.91 Å². The summed E-state index contributed by atoms with van der Waals surface area (Å²) in [5.74, 6) is 1.32. The number of hydrogen-bond donors (Lipinski definition) is 1. The zero-order valence-electron chi connectivity index (χ0n) is 12.3. The van der Waals surface area contributed by atoms with Crippen LogP contribution in [0.15, 0.2) is 30.6 Å². The Morgan fingerprint density at radius 2 is 2.26 bits per heavy atom. The summed E-state index contributed by atoms with van der Waals surface area (Å²) < 4.78 is 1.84. The average molecular weight is 326 g/mol. The van der Waals surface area contributed by atoms with Crippen LogP contribution in [0.3, 0.4) is 0 Å². The van der Waals surface area contributed by atoms with Crippen molar-refractivity contribution < 1.29 is 9.59 Å². The van der Waals surface area contributed by atoms with Crippen molar-refractivity contribution in [2.45, 2.75) is 18.5 Å². The molecule has 1 unspecified atom stereocenters. The molecule has 2 aromatic rings. The lowest BCUT2D eigenvalue weighted by Crippen LogP contribution is -2.46. The highest BCUT2D eigenvalue weighted by atomic mass is 32.2. The van der Waals surface area contributed by atoms with E-state index in [0.717, 1.165) is 11.3 Å². The molecule has 2 saturated heterocycles. The van der Waals surface area contributed by atoms with E-state index < -0.39 is 5.54 Å². The first-order valence-corrected chi connectivity index (χ1v) is 8.51. The third-order valence-electron chi connectivity index (χ3n) is 4.47. The van der Waals surface area contributed by atoms with Gasteiger partial charge >= 0.3 is 6.03 Å². The molecule has 0 aromatic carbocycles. The summed E-state index contributed by atoms with van der Waals surface area (Å²) in [6.45, 7) is 0.127. The van der Waals surface area contributed by atoms with E-state index >= 15 is 0 Å². The molecule has 1 N–H and O–H groups in total. The fraction of sp³-hybridized carbons (Fsp3) is 0.312. The van der Waals surface area contributed by atoms with E-state index in [0.29, 0.717) is 23.3 Å². The van der Waals surface area contributed by atoms with Gasteiger partial charge in [-0.3, -0.25) is 9.69 Å². The maximum atomic E-state index is 12.7. The molecule has 2 aromatic heterocycles. The molecule has 0 radical (unpaired) electrons. The van der Waals surface area contributed by atoms with Gasteiger partial charge in [0.1, 0.15) is 11.6 Å². The molecule has 2 aliphatic rings. The number of aromatic nitrogens is 1. The maximum Gasteiger partial charge on any atom is 0.325 e. The molecule has 4 rings (SSSR count). The number of imide groups is 1. The highest BCUT2D eigenvalue weighted by molar-refractivity contribution is 7.99. The molecule has 0 saturated carbocycles. The van der Waals surface area contributed by atoms with Gasteiger partial charge < -0.3 is 9.72 Å². The zero-order chi connectivity index (χ0) is 16.0. The van der Waals surface area contributed by atoms with Crippen LogP contribution in [0.4, 0.5) is 4.79 Å². The fourth-order valence-electron chi connectivity index (χ4n) is 3.25. The Morgan fingerprint density at radius 3 is 3.00 bits per heavy atom. The lowest BCUT2D eigenvalue weighted by atomic mass is 9.99. The van der Waals surface area contributed by atoms with Gasteiger partial charge in [-0.15, -0.1) is 0 Å². The normalized spacial score (nSPS) is 23.7. The van der Waals surface area contributed by atoms with Crippen LogP contribution in [0.1, 0.15) is 17.5 Å². The predicted molar refractivity (Wildman–Crippen MR) is 85.9 cm³/mol. The number of fused-ring (bicyclic) bond motifs is 1. The SMILES string of the molecule is N#Cc1c(CN2C(=O)NC3(CCSC3)C2=O)cn2ccccc12. The number of carbonyl (C=O) groups excluding carboxylic acids is 2. The molecule has 0 bridgehead atoms. The number of rotatable bonds is 2. The topological polar surface area (TPSA) is 77.6 Å². The first kappa shape index (κ1) is 14.2. The molecule has 1 atom stereocenters. The van der Waals surface area contributed by atoms with Crippen LogP contribution >= 0.6 is 11.8 Å². The Morgan fingerprint density at radius 1 is 1.39 bits per heavy atom. The van der Waals surface area contributed by atoms with Crippen molar-refractivity contribution in [1.82, 2.24) is 14.6 Å². The number of pyridine rings is 1. The maximum absolute atomic E-state index is 12.7. The minimum absolute atomic E-state index is 0.127. The van der Waals surface area contributed by atoms with E-state index in [9.17, 15) is 14.9 Å². The average Bonchev–Trinajstić information content (AvgIpc) is 3.21. The Kier molecular flexibility index (Phi) is 3.10. The van der Waals surface area contributed by atoms with Crippen LogP contribution in [-0.2, 0) is 11.3 Å². The fourth-order valence-corrected chi connectivity index (χ4v) is 4.57. The Hall–Kier alpha value is -2.46. The smallest absolute Gasteiger partial charge is 0.322 e. The number of carbonyl (C=O) groups is 2. The molecule has 23 heavy (non-hydrogen) atoms. The summed E-state index contributed by atoms with van der Waals surface area (Å²) in [6, 6.07) is 7.41. The lowest BCUT2D eigenvalue weighted by molar-refractivity contribution is -0.130. The Balaban J connectivity index is 1.70. The van der Waals surface area contributed by atoms with E-state index in [1.54, 1.807) is 11.8 Å². The summed E-state index contributed by atoms with van der Waals surface area (Å²) in [5, 5.41) is 12.3. The third kappa shape index (κ3) is 2.02. The highest BCUT2D eigenvalue weighted by Gasteiger charge is 2.52. The van der Waals surface area contributed by atoms with Crippen LogP contribution in [0.25, 0.3) is 5.52 Å². The van der Waals surface area contributed by atoms with Gasteiger partial charge in [-0.25, -0.2) is 4.79 Å². The first-order valence-electron chi connectivity index (χ1n) is 7.35. The van der Waals surface area contributed by atoms with Crippen molar-refractivity contribution >= 4 is 29.2 Å². The van der Waals surface area contributed by atoms with Crippen molar-refractivity contribution in [2.75, 3.05) is 11.5 Å². The Labute approximate surface area is 137 Å². The molecule has 4 heterocycles. The Bertz CT molecular complexity index is 861. The predicted octanol–water partition coefficient (Wildman–Crippen LogP) is 1.74. The molecular weight excluding hydrogens is 312 g/mol. The van der Waals surface area contributed by atoms with Gasteiger partial charge in [0.2, 0.25) is 0 Å². The minimum Gasteiger partial charge on any atom is -0.322 e. The van der Waals surface area contributed by atoms with Gasteiger partial charge in [0.15, 0.2) is 0 Å². The second-order valence-electron chi connectivity index (χ2n) is 5.84. The molecule has 2 aliphatic heterocycles. The summed E-state index contributed by atoms with van der Waals surface area (Å²) in [4.78, 5) is 26.2. The van der Waals surface area contributed by atoms with Crippen LogP contribution < -0.4 is 5.32 Å². The summed E-state index contributed by atoms with van der Waals surface area (Å²) in [6.07, 6.45) is 4.32. The van der Waals surface area contributed by atoms with Crippen molar-refractivity contribution in [3.05, 3.63) is 41.7 Å². The summed E-state index contributed by atoms with van der Waals surface area (Å²) >= 11 is 1.68. The van der Waals surface area contributed by atoms with Gasteiger partial charge in [-0.1, -0.05) is 6.07 Å². The largest absolute Gasteiger partial charge is 0.325 e. The van der Waals surface area contributed by atoms with E-state index in [4.69, 9.17) is 0 Å². The molecule has 7 heteroatoms. The van der Waals surface area contributed by atoms with E-state index in [1.807, 2.05) is 35.0 Å². The van der Waals surface area contributed by atoms with Crippen LogP contribution in [0.2, 0.25) is 0 Å². The quantitative estimate of drug-likeness (QED) is 0.853. The van der Waals surface area contributed by atoms with Crippen molar-refractivity contribution in [3.63, 3.8) is 0 Å². The number of nitriles is 1. The zero-order valence-corrected chi connectivity index (χ0v) is 13.1. The standard InChI is InChI=1S/C16H14N4O2S/c17-7-12-11(8-19-5-2-1-3-13(12)19)9-20-14(21)16(18-15(20)22)4-6-23-10-16/h1-3,5,8H,4,6,9-10H2,(H,18,22). The number of hydrogen-bond acceptors (Lipinski definition) is 4. The van der Waals surface area contributed by atoms with E-state index in [-0.39, 0.29) is 18.5 Å². The van der Waals surface area contributed by atoms with Gasteiger partial charge in [-0.05, 0) is 24.3 Å². The molecule has 1 spiro atoms. The minimum atomic E-state index is -0.742. The molecule has 2 fully saturated rings. The second kappa shape index (κ2) is 5.03. The lowest BCUT2D eigenvalue weighted by Gasteiger charge is -2.19. The van der Waals surface area contributed by atoms with Crippen LogP contribution in [-0.4, -0.2) is 38.3 Å². The molecule has 0 aliphatic carbocycles. The molecular formula is C16H14N4O2S. The number of nitrogens with one attached hydrogen (secondary N) is 1. The monoisotopic (exact) mass is 326 g/mol. The van der Waals surface area contributed by atoms with Gasteiger partial charge in [0.05, 0.1) is 17.6 Å². The van der Waals surface area contributed by atoms with Crippen LogP contribution in [0.5, 0.6) is 0 Å². The summed E-state index contributed by atoms with van der Waals surface area (Å²) in [5.41, 5.74) is 1.23. The van der Waals surface area contributed by atoms with Crippen LogP contribution in [0, 0.1) is 11.3 Å². The van der Waals surface area contributed by atoms with E-state index in [1.165, 1.54) is 4.90 Å². The van der Waals surface area contributed by atoms with Gasteiger partial charge in [-0.2, -0.15) is 17.0 Å². The highest BCUT2D eigenvalue weighted by Crippen LogP contribution is 2.34. The van der Waals surface area contributed by atoms with E-state index in [2.05, 4.69) is 11.4 Å². The number of amides is 3. The number of nitrogens with zero attached hydrogens (tertiary/aromatic N) is 3. The number of thioether (sulfide) groups is 1. The third-order valence-corrected chi connectivity index (χ3v) is 5.66. The summed E-state index contributed by atoms with van der Waals surface area (Å²) in [7, 11) is 0. The second-order valence-corrected chi connectivity index (χ2v) is 6.95. The molecule has 116 valence electrons. The van der Waals surface area contributed by atoms with Crippen molar-refractivity contribution in [3.8, 4) is 6.07 Å². The number of urea groups is 1. The molecule has 6 nitrogen and oxygen atoms in total. The molecule has 3 amide bonds. The van der Waals surface area contributed by atoms with Gasteiger partial charge in [0, 0.05) is 23.7 Å².